The van der Waals surface area contributed by atoms with Gasteiger partial charge >= 0.3 is 6.18 Å². The smallest absolute Gasteiger partial charge is 0.433 e. The van der Waals surface area contributed by atoms with Crippen LogP contribution in [0.15, 0.2) is 30.5 Å². The van der Waals surface area contributed by atoms with Crippen LogP contribution in [-0.4, -0.2) is 28.8 Å². The Hall–Kier alpha value is -2.51. The predicted octanol–water partition coefficient (Wildman–Crippen LogP) is 2.16. The van der Waals surface area contributed by atoms with E-state index in [-0.39, 0.29) is 6.61 Å². The van der Waals surface area contributed by atoms with Crippen LogP contribution in [0.4, 0.5) is 13.2 Å². The van der Waals surface area contributed by atoms with Gasteiger partial charge in [-0.3, -0.25) is 9.89 Å². The molecule has 0 radical (unpaired) electrons. The van der Waals surface area contributed by atoms with Gasteiger partial charge in [-0.05, 0) is 18.1 Å². The summed E-state index contributed by atoms with van der Waals surface area (Å²) in [7, 11) is 0. The van der Waals surface area contributed by atoms with Crippen molar-refractivity contribution < 1.29 is 22.7 Å². The lowest BCUT2D eigenvalue weighted by atomic mass is 10.0. The van der Waals surface area contributed by atoms with Crippen molar-refractivity contribution in [1.82, 2.24) is 15.5 Å². The lowest BCUT2D eigenvalue weighted by Crippen LogP contribution is -2.43. The van der Waals surface area contributed by atoms with Crippen molar-refractivity contribution in [3.05, 3.63) is 47.3 Å². The third-order valence-corrected chi connectivity index (χ3v) is 3.38. The van der Waals surface area contributed by atoms with Crippen molar-refractivity contribution in [2.75, 3.05) is 6.61 Å². The topological polar surface area (TPSA) is 67.0 Å². The van der Waals surface area contributed by atoms with Crippen molar-refractivity contribution in [3.8, 4) is 5.75 Å². The first-order valence-electron chi connectivity index (χ1n) is 6.57. The van der Waals surface area contributed by atoms with E-state index in [1.807, 2.05) is 29.4 Å². The van der Waals surface area contributed by atoms with Gasteiger partial charge in [0.2, 0.25) is 0 Å². The number of aromatic amines is 1. The van der Waals surface area contributed by atoms with Gasteiger partial charge in [-0.2, -0.15) is 18.3 Å². The molecule has 2 N–H and O–H groups in total. The quantitative estimate of drug-likeness (QED) is 0.893. The summed E-state index contributed by atoms with van der Waals surface area (Å²) in [6.07, 6.45) is -3.28. The summed E-state index contributed by atoms with van der Waals surface area (Å²) >= 11 is 0. The zero-order chi connectivity index (χ0) is 15.7. The average Bonchev–Trinajstić information content (AvgIpc) is 2.97. The van der Waals surface area contributed by atoms with E-state index in [9.17, 15) is 18.0 Å². The van der Waals surface area contributed by atoms with Gasteiger partial charge in [0.25, 0.3) is 5.91 Å². The number of hydrogen-bond donors (Lipinski definition) is 2. The van der Waals surface area contributed by atoms with Gasteiger partial charge in [-0.15, -0.1) is 0 Å². The molecule has 1 aliphatic heterocycles. The Morgan fingerprint density at radius 1 is 1.36 bits per heavy atom. The molecular weight excluding hydrogens is 299 g/mol. The van der Waals surface area contributed by atoms with Gasteiger partial charge in [0.1, 0.15) is 12.4 Å². The highest BCUT2D eigenvalue weighted by atomic mass is 19.4. The van der Waals surface area contributed by atoms with Crippen LogP contribution in [0.3, 0.4) is 0 Å². The summed E-state index contributed by atoms with van der Waals surface area (Å²) in [5, 5.41) is 7.66. The highest BCUT2D eigenvalue weighted by Crippen LogP contribution is 2.30. The SMILES string of the molecule is O=C(N[C@H]1COc2ccccc2C1)c1cn[nH]c1C(F)(F)F. The summed E-state index contributed by atoms with van der Waals surface area (Å²) < 4.78 is 43.7. The molecule has 0 saturated heterocycles. The van der Waals surface area contributed by atoms with Gasteiger partial charge < -0.3 is 10.1 Å². The molecule has 116 valence electrons. The molecule has 0 fully saturated rings. The number of rotatable bonds is 2. The number of benzene rings is 1. The number of para-hydroxylation sites is 1. The normalized spacial score (nSPS) is 17.5. The van der Waals surface area contributed by atoms with E-state index in [0.717, 1.165) is 17.5 Å². The molecule has 1 amide bonds. The molecule has 8 heteroatoms. The minimum atomic E-state index is -4.65. The van der Waals surface area contributed by atoms with E-state index in [0.29, 0.717) is 6.42 Å². The number of amides is 1. The van der Waals surface area contributed by atoms with Crippen LogP contribution in [0.1, 0.15) is 21.6 Å². The fourth-order valence-electron chi connectivity index (χ4n) is 2.36. The molecule has 2 aromatic rings. The van der Waals surface area contributed by atoms with Crippen LogP contribution in [0, 0.1) is 0 Å². The molecule has 1 aromatic carbocycles. The number of H-pyrrole nitrogens is 1. The number of fused-ring (bicyclic) bond motifs is 1. The molecule has 0 aliphatic carbocycles. The maximum atomic E-state index is 12.7. The first kappa shape index (κ1) is 14.4. The highest BCUT2D eigenvalue weighted by molar-refractivity contribution is 5.95. The highest BCUT2D eigenvalue weighted by Gasteiger charge is 2.38. The summed E-state index contributed by atoms with van der Waals surface area (Å²) in [5.41, 5.74) is -0.768. The minimum Gasteiger partial charge on any atom is -0.491 e. The first-order valence-corrected chi connectivity index (χ1v) is 6.57. The third kappa shape index (κ3) is 2.76. The Kier molecular flexibility index (Phi) is 3.51. The number of nitrogens with zero attached hydrogens (tertiary/aromatic N) is 1. The molecule has 1 atom stereocenters. The molecule has 22 heavy (non-hydrogen) atoms. The van der Waals surface area contributed by atoms with Gasteiger partial charge in [-0.1, -0.05) is 18.2 Å². The van der Waals surface area contributed by atoms with Crippen LogP contribution in [0.2, 0.25) is 0 Å². The Bertz CT molecular complexity index is 697. The fraction of sp³-hybridized carbons (Fsp3) is 0.286. The fourth-order valence-corrected chi connectivity index (χ4v) is 2.36. The Labute approximate surface area is 123 Å². The van der Waals surface area contributed by atoms with Gasteiger partial charge in [0, 0.05) is 0 Å². The van der Waals surface area contributed by atoms with Crippen molar-refractivity contribution in [2.45, 2.75) is 18.6 Å². The van der Waals surface area contributed by atoms with Gasteiger partial charge in [0.15, 0.2) is 5.69 Å². The molecule has 0 bridgehead atoms. The molecule has 0 unspecified atom stereocenters. The third-order valence-electron chi connectivity index (χ3n) is 3.38. The van der Waals surface area contributed by atoms with E-state index >= 15 is 0 Å². The summed E-state index contributed by atoms with van der Waals surface area (Å²) in [5.74, 6) is -0.0960. The monoisotopic (exact) mass is 311 g/mol. The number of halogens is 3. The van der Waals surface area contributed by atoms with E-state index in [4.69, 9.17) is 4.74 Å². The zero-order valence-electron chi connectivity index (χ0n) is 11.3. The second-order valence-corrected chi connectivity index (χ2v) is 4.95. The number of aromatic nitrogens is 2. The van der Waals surface area contributed by atoms with Gasteiger partial charge in [-0.25, -0.2) is 0 Å². The summed E-state index contributed by atoms with van der Waals surface area (Å²) in [6, 6.07) is 6.94. The standard InChI is InChI=1S/C14H12F3N3O2/c15-14(16,17)12-10(6-18-20-12)13(21)19-9-5-8-3-1-2-4-11(8)22-7-9/h1-4,6,9H,5,7H2,(H,18,20)(H,19,21)/t9-/m1/s1. The largest absolute Gasteiger partial charge is 0.491 e. The number of hydrogen-bond acceptors (Lipinski definition) is 3. The molecule has 0 spiro atoms. The molecule has 1 aliphatic rings. The Morgan fingerprint density at radius 3 is 2.91 bits per heavy atom. The predicted molar refractivity (Wildman–Crippen MR) is 70.5 cm³/mol. The van der Waals surface area contributed by atoms with Crippen molar-refractivity contribution in [3.63, 3.8) is 0 Å². The van der Waals surface area contributed by atoms with Crippen molar-refractivity contribution >= 4 is 5.91 Å². The van der Waals surface area contributed by atoms with Crippen LogP contribution < -0.4 is 10.1 Å². The maximum absolute atomic E-state index is 12.7. The van der Waals surface area contributed by atoms with Crippen LogP contribution in [0.25, 0.3) is 0 Å². The maximum Gasteiger partial charge on any atom is 0.433 e. The second kappa shape index (κ2) is 5.36. The zero-order valence-corrected chi connectivity index (χ0v) is 11.3. The van der Waals surface area contributed by atoms with Crippen LogP contribution >= 0.6 is 0 Å². The summed E-state index contributed by atoms with van der Waals surface area (Å²) in [4.78, 5) is 12.0. The molecule has 5 nitrogen and oxygen atoms in total. The number of carbonyl (C=O) groups excluding carboxylic acids is 1. The molecule has 3 rings (SSSR count). The molecule has 1 aromatic heterocycles. The van der Waals surface area contributed by atoms with Crippen molar-refractivity contribution in [2.24, 2.45) is 0 Å². The summed E-state index contributed by atoms with van der Waals surface area (Å²) in [6.45, 7) is 0.210. The molecular formula is C14H12F3N3O2. The number of ether oxygens (including phenoxy) is 1. The minimum absolute atomic E-state index is 0.210. The molecule has 2 heterocycles. The number of carbonyl (C=O) groups is 1. The first-order chi connectivity index (χ1) is 10.4. The number of alkyl halides is 3. The molecule has 0 saturated carbocycles. The average molecular weight is 311 g/mol. The van der Waals surface area contributed by atoms with E-state index in [2.05, 4.69) is 10.4 Å². The lowest BCUT2D eigenvalue weighted by Gasteiger charge is -2.26. The number of nitrogens with one attached hydrogen (secondary N) is 2. The Morgan fingerprint density at radius 2 is 2.14 bits per heavy atom. The second-order valence-electron chi connectivity index (χ2n) is 4.95. The van der Waals surface area contributed by atoms with Crippen LogP contribution in [-0.2, 0) is 12.6 Å². The van der Waals surface area contributed by atoms with E-state index in [1.54, 1.807) is 0 Å². The van der Waals surface area contributed by atoms with Gasteiger partial charge in [0.05, 0.1) is 17.8 Å². The Balaban J connectivity index is 1.73. The van der Waals surface area contributed by atoms with Crippen LogP contribution in [0.5, 0.6) is 5.75 Å². The van der Waals surface area contributed by atoms with Crippen molar-refractivity contribution in [1.29, 1.82) is 0 Å². The lowest BCUT2D eigenvalue weighted by molar-refractivity contribution is -0.141. The van der Waals surface area contributed by atoms with E-state index < -0.39 is 29.4 Å². The van der Waals surface area contributed by atoms with E-state index in [1.165, 1.54) is 0 Å².